The minimum atomic E-state index is -0.154. The highest BCUT2D eigenvalue weighted by Crippen LogP contribution is 2.43. The molecule has 0 aromatic heterocycles. The normalized spacial score (nSPS) is 16.1. The van der Waals surface area contributed by atoms with Gasteiger partial charge in [0.2, 0.25) is 0 Å². The molecule has 0 heterocycles. The summed E-state index contributed by atoms with van der Waals surface area (Å²) < 4.78 is 4.82. The van der Waals surface area contributed by atoms with Gasteiger partial charge in [0.15, 0.2) is 0 Å². The lowest BCUT2D eigenvalue weighted by Gasteiger charge is -2.21. The highest BCUT2D eigenvalue weighted by Gasteiger charge is 2.28. The number of hydrogen-bond donors (Lipinski definition) is 1. The highest BCUT2D eigenvalue weighted by atomic mass is 16.5. The van der Waals surface area contributed by atoms with Crippen LogP contribution < -0.4 is 5.32 Å². The molecule has 0 spiro atoms. The number of benzene rings is 1. The quantitative estimate of drug-likeness (QED) is 0.766. The number of rotatable bonds is 7. The average Bonchev–Trinajstić information content (AvgIpc) is 3.27. The van der Waals surface area contributed by atoms with Gasteiger partial charge in [-0.2, -0.15) is 0 Å². The third-order valence-corrected chi connectivity index (χ3v) is 3.63. The lowest BCUT2D eigenvalue weighted by molar-refractivity contribution is -0.141. The van der Waals surface area contributed by atoms with E-state index in [0.717, 1.165) is 13.0 Å². The van der Waals surface area contributed by atoms with E-state index in [0.29, 0.717) is 12.3 Å². The summed E-state index contributed by atoms with van der Waals surface area (Å²) in [6.45, 7) is 3.05. The Labute approximate surface area is 115 Å². The lowest BCUT2D eigenvalue weighted by atomic mass is 9.95. The van der Waals surface area contributed by atoms with Crippen LogP contribution in [0.4, 0.5) is 0 Å². The first kappa shape index (κ1) is 14.1. The Morgan fingerprint density at radius 1 is 1.42 bits per heavy atom. The SMILES string of the molecule is CCCNC(CC(=O)OC)c1ccccc1C1CC1. The van der Waals surface area contributed by atoms with Crippen molar-refractivity contribution in [3.63, 3.8) is 0 Å². The van der Waals surface area contributed by atoms with Gasteiger partial charge < -0.3 is 10.1 Å². The van der Waals surface area contributed by atoms with Crippen LogP contribution in [0, 0.1) is 0 Å². The molecule has 19 heavy (non-hydrogen) atoms. The zero-order valence-corrected chi connectivity index (χ0v) is 11.8. The van der Waals surface area contributed by atoms with Crippen LogP contribution in [0.15, 0.2) is 24.3 Å². The molecule has 0 radical (unpaired) electrons. The fourth-order valence-electron chi connectivity index (χ4n) is 2.46. The van der Waals surface area contributed by atoms with E-state index in [1.807, 2.05) is 0 Å². The molecule has 3 nitrogen and oxygen atoms in total. The summed E-state index contributed by atoms with van der Waals surface area (Å²) in [5.74, 6) is 0.541. The van der Waals surface area contributed by atoms with Crippen LogP contribution in [0.1, 0.15) is 55.7 Å². The maximum atomic E-state index is 11.6. The third-order valence-electron chi connectivity index (χ3n) is 3.63. The molecule has 0 bridgehead atoms. The number of hydrogen-bond acceptors (Lipinski definition) is 3. The fourth-order valence-corrected chi connectivity index (χ4v) is 2.46. The van der Waals surface area contributed by atoms with Crippen molar-refractivity contribution >= 4 is 5.97 Å². The highest BCUT2D eigenvalue weighted by molar-refractivity contribution is 5.70. The van der Waals surface area contributed by atoms with E-state index in [1.165, 1.54) is 31.1 Å². The Kier molecular flexibility index (Phi) is 4.97. The second-order valence-electron chi connectivity index (χ2n) is 5.19. The number of esters is 1. The maximum Gasteiger partial charge on any atom is 0.307 e. The summed E-state index contributed by atoms with van der Waals surface area (Å²) in [4.78, 5) is 11.6. The minimum absolute atomic E-state index is 0.0733. The van der Waals surface area contributed by atoms with Crippen molar-refractivity contribution in [3.8, 4) is 0 Å². The first-order valence-electron chi connectivity index (χ1n) is 7.15. The van der Waals surface area contributed by atoms with Crippen LogP contribution >= 0.6 is 0 Å². The minimum Gasteiger partial charge on any atom is -0.469 e. The predicted molar refractivity (Wildman–Crippen MR) is 76.1 cm³/mol. The number of carbonyl (C=O) groups excluding carboxylic acids is 1. The molecule has 0 saturated heterocycles. The van der Waals surface area contributed by atoms with Gasteiger partial charge in [-0.25, -0.2) is 0 Å². The van der Waals surface area contributed by atoms with Crippen molar-refractivity contribution in [1.82, 2.24) is 5.32 Å². The molecular weight excluding hydrogens is 238 g/mol. The summed E-state index contributed by atoms with van der Waals surface area (Å²) in [5, 5.41) is 3.47. The van der Waals surface area contributed by atoms with Gasteiger partial charge in [-0.1, -0.05) is 31.2 Å². The summed E-state index contributed by atoms with van der Waals surface area (Å²) in [6.07, 6.45) is 4.01. The van der Waals surface area contributed by atoms with Crippen LogP contribution in [0.25, 0.3) is 0 Å². The summed E-state index contributed by atoms with van der Waals surface area (Å²) >= 11 is 0. The Bertz CT molecular complexity index is 427. The standard InChI is InChI=1S/C16H23NO2/c1-3-10-17-15(11-16(18)19-2)14-7-5-4-6-13(14)12-8-9-12/h4-7,12,15,17H,3,8-11H2,1-2H3. The van der Waals surface area contributed by atoms with Crippen molar-refractivity contribution < 1.29 is 9.53 Å². The van der Waals surface area contributed by atoms with Crippen LogP contribution in [0.2, 0.25) is 0 Å². The molecule has 1 unspecified atom stereocenters. The molecule has 1 saturated carbocycles. The average molecular weight is 261 g/mol. The van der Waals surface area contributed by atoms with E-state index in [1.54, 1.807) is 0 Å². The van der Waals surface area contributed by atoms with Crippen molar-refractivity contribution in [2.75, 3.05) is 13.7 Å². The van der Waals surface area contributed by atoms with Gasteiger partial charge >= 0.3 is 5.97 Å². The smallest absolute Gasteiger partial charge is 0.307 e. The largest absolute Gasteiger partial charge is 0.469 e. The van der Waals surface area contributed by atoms with Gasteiger partial charge in [-0.15, -0.1) is 0 Å². The van der Waals surface area contributed by atoms with Crippen LogP contribution in [0.3, 0.4) is 0 Å². The summed E-state index contributed by atoms with van der Waals surface area (Å²) in [7, 11) is 1.45. The number of carbonyl (C=O) groups is 1. The van der Waals surface area contributed by atoms with Gasteiger partial charge in [-0.05, 0) is 42.9 Å². The zero-order chi connectivity index (χ0) is 13.7. The van der Waals surface area contributed by atoms with Gasteiger partial charge in [0.1, 0.15) is 0 Å². The second kappa shape index (κ2) is 6.71. The van der Waals surface area contributed by atoms with E-state index in [9.17, 15) is 4.79 Å². The Morgan fingerprint density at radius 3 is 2.79 bits per heavy atom. The molecule has 0 amide bonds. The second-order valence-corrected chi connectivity index (χ2v) is 5.19. The number of nitrogens with one attached hydrogen (secondary N) is 1. The Morgan fingerprint density at radius 2 is 2.16 bits per heavy atom. The van der Waals surface area contributed by atoms with Crippen molar-refractivity contribution in [1.29, 1.82) is 0 Å². The van der Waals surface area contributed by atoms with Crippen LogP contribution in [0.5, 0.6) is 0 Å². The molecule has 1 N–H and O–H groups in total. The van der Waals surface area contributed by atoms with Gasteiger partial charge in [0.25, 0.3) is 0 Å². The molecule has 3 heteroatoms. The molecule has 104 valence electrons. The fraction of sp³-hybridized carbons (Fsp3) is 0.562. The molecule has 1 aromatic carbocycles. The van der Waals surface area contributed by atoms with Gasteiger partial charge in [0.05, 0.1) is 13.5 Å². The topological polar surface area (TPSA) is 38.3 Å². The molecule has 1 fully saturated rings. The summed E-state index contributed by atoms with van der Waals surface area (Å²) in [6, 6.07) is 8.56. The Hall–Kier alpha value is -1.35. The molecule has 2 rings (SSSR count). The Balaban J connectivity index is 2.18. The van der Waals surface area contributed by atoms with Crippen LogP contribution in [-0.2, 0) is 9.53 Å². The van der Waals surface area contributed by atoms with Gasteiger partial charge in [0, 0.05) is 6.04 Å². The number of methoxy groups -OCH3 is 1. The van der Waals surface area contributed by atoms with E-state index in [-0.39, 0.29) is 12.0 Å². The first-order chi connectivity index (χ1) is 9.26. The van der Waals surface area contributed by atoms with E-state index >= 15 is 0 Å². The number of ether oxygens (including phenoxy) is 1. The molecule has 0 aliphatic heterocycles. The molecule has 1 aliphatic carbocycles. The third kappa shape index (κ3) is 3.80. The summed E-state index contributed by atoms with van der Waals surface area (Å²) in [5.41, 5.74) is 2.67. The molecular formula is C16H23NO2. The van der Waals surface area contributed by atoms with E-state index in [4.69, 9.17) is 4.74 Å². The van der Waals surface area contributed by atoms with E-state index in [2.05, 4.69) is 36.5 Å². The monoisotopic (exact) mass is 261 g/mol. The van der Waals surface area contributed by atoms with Crippen molar-refractivity contribution in [2.45, 2.75) is 44.6 Å². The lowest BCUT2D eigenvalue weighted by Crippen LogP contribution is -2.26. The van der Waals surface area contributed by atoms with Crippen molar-refractivity contribution in [2.24, 2.45) is 0 Å². The van der Waals surface area contributed by atoms with E-state index < -0.39 is 0 Å². The maximum absolute atomic E-state index is 11.6. The van der Waals surface area contributed by atoms with Crippen LogP contribution in [-0.4, -0.2) is 19.6 Å². The molecule has 1 aliphatic rings. The zero-order valence-electron chi connectivity index (χ0n) is 11.8. The predicted octanol–water partition coefficient (Wildman–Crippen LogP) is 3.17. The van der Waals surface area contributed by atoms with Crippen molar-refractivity contribution in [3.05, 3.63) is 35.4 Å². The van der Waals surface area contributed by atoms with Gasteiger partial charge in [-0.3, -0.25) is 4.79 Å². The molecule has 1 atom stereocenters. The first-order valence-corrected chi connectivity index (χ1v) is 7.15. The molecule has 1 aromatic rings.